The van der Waals surface area contributed by atoms with Gasteiger partial charge in [-0.15, -0.1) is 0 Å². The Morgan fingerprint density at radius 2 is 1.92 bits per heavy atom. The Balaban J connectivity index is 2.07. The molecule has 140 valence electrons. The van der Waals surface area contributed by atoms with Crippen LogP contribution in [-0.4, -0.2) is 50.7 Å². The molecule has 6 nitrogen and oxygen atoms in total. The molecule has 1 saturated heterocycles. The lowest BCUT2D eigenvalue weighted by Gasteiger charge is -2.38. The minimum absolute atomic E-state index is 0.00991. The summed E-state index contributed by atoms with van der Waals surface area (Å²) in [6.45, 7) is 6.10. The van der Waals surface area contributed by atoms with Gasteiger partial charge in [0.05, 0.1) is 11.8 Å². The molecule has 0 aromatic heterocycles. The molecule has 1 aromatic carbocycles. The minimum atomic E-state index is -3.33. The molecule has 0 bridgehead atoms. The van der Waals surface area contributed by atoms with E-state index in [1.807, 2.05) is 24.3 Å². The lowest BCUT2D eigenvalue weighted by Crippen LogP contribution is -2.58. The lowest BCUT2D eigenvalue weighted by atomic mass is 9.97. The number of sulfonamides is 1. The number of carbonyl (C=O) groups excluding carboxylic acids is 1. The molecule has 1 N–H and O–H groups in total. The Bertz CT molecular complexity index is 686. The van der Waals surface area contributed by atoms with Crippen molar-refractivity contribution in [1.29, 1.82) is 0 Å². The number of rotatable bonds is 7. The molecule has 0 aliphatic carbocycles. The number of nitrogens with zero attached hydrogens (tertiary/aromatic N) is 1. The van der Waals surface area contributed by atoms with Gasteiger partial charge in [0.1, 0.15) is 12.4 Å². The van der Waals surface area contributed by atoms with Gasteiger partial charge in [0.25, 0.3) is 0 Å². The van der Waals surface area contributed by atoms with Crippen LogP contribution in [-0.2, 0) is 14.8 Å². The number of benzene rings is 1. The van der Waals surface area contributed by atoms with E-state index in [2.05, 4.69) is 18.6 Å². The molecule has 25 heavy (non-hydrogen) atoms. The van der Waals surface area contributed by atoms with E-state index in [1.54, 1.807) is 18.9 Å². The molecule has 7 heteroatoms. The van der Waals surface area contributed by atoms with E-state index >= 15 is 0 Å². The first kappa shape index (κ1) is 19.7. The molecular formula is C18H28N2O4S. The van der Waals surface area contributed by atoms with Gasteiger partial charge in [-0.2, -0.15) is 0 Å². The third kappa shape index (κ3) is 5.19. The highest BCUT2D eigenvalue weighted by molar-refractivity contribution is 7.89. The molecule has 1 fully saturated rings. The van der Waals surface area contributed by atoms with Crippen LogP contribution in [0.4, 0.5) is 0 Å². The van der Waals surface area contributed by atoms with E-state index in [0.717, 1.165) is 0 Å². The summed E-state index contributed by atoms with van der Waals surface area (Å²) >= 11 is 0. The van der Waals surface area contributed by atoms with Crippen molar-refractivity contribution in [1.82, 2.24) is 9.62 Å². The fourth-order valence-electron chi connectivity index (χ4n) is 2.91. The van der Waals surface area contributed by atoms with Crippen LogP contribution in [0.2, 0.25) is 0 Å². The maximum absolute atomic E-state index is 12.0. The minimum Gasteiger partial charge on any atom is -0.491 e. The van der Waals surface area contributed by atoms with Crippen molar-refractivity contribution in [2.75, 3.05) is 19.4 Å². The fourth-order valence-corrected chi connectivity index (χ4v) is 3.82. The Hall–Kier alpha value is -1.60. The summed E-state index contributed by atoms with van der Waals surface area (Å²) in [5.41, 5.74) is 1.23. The number of piperidine rings is 1. The molecule has 1 heterocycles. The topological polar surface area (TPSA) is 75.7 Å². The van der Waals surface area contributed by atoms with Crippen LogP contribution in [0.5, 0.6) is 5.75 Å². The molecule has 1 aliphatic heterocycles. The van der Waals surface area contributed by atoms with Crippen LogP contribution < -0.4 is 9.46 Å². The number of likely N-dealkylation sites (tertiary alicyclic amines) is 1. The quantitative estimate of drug-likeness (QED) is 0.800. The van der Waals surface area contributed by atoms with E-state index in [-0.39, 0.29) is 30.4 Å². The third-order valence-electron chi connectivity index (χ3n) is 4.70. The van der Waals surface area contributed by atoms with Gasteiger partial charge in [-0.25, -0.2) is 13.1 Å². The first-order valence-corrected chi connectivity index (χ1v) is 10.4. The number of hydrogen-bond donors (Lipinski definition) is 1. The SMILES string of the molecule is CCS(=O)(=O)N[C@@H]1CCC(=O)N(C)[C@H]1COc1ccc(C(C)C)cc1. The van der Waals surface area contributed by atoms with Crippen LogP contribution in [0.25, 0.3) is 0 Å². The Labute approximate surface area is 150 Å². The standard InChI is InChI=1S/C18H28N2O4S/c1-5-25(22,23)19-16-10-11-18(21)20(4)17(16)12-24-15-8-6-14(7-9-15)13(2)3/h6-9,13,16-17,19H,5,10-12H2,1-4H3/t16-,17+/m1/s1. The molecule has 0 spiro atoms. The van der Waals surface area contributed by atoms with Gasteiger partial charge in [-0.3, -0.25) is 4.79 Å². The van der Waals surface area contributed by atoms with E-state index < -0.39 is 10.0 Å². The van der Waals surface area contributed by atoms with Gasteiger partial charge in [0, 0.05) is 19.5 Å². The maximum atomic E-state index is 12.0. The maximum Gasteiger partial charge on any atom is 0.222 e. The van der Waals surface area contributed by atoms with Gasteiger partial charge in [0.15, 0.2) is 0 Å². The zero-order chi connectivity index (χ0) is 18.6. The second-order valence-electron chi connectivity index (χ2n) is 6.77. The van der Waals surface area contributed by atoms with Crippen LogP contribution in [0, 0.1) is 0 Å². The van der Waals surface area contributed by atoms with Gasteiger partial charge in [-0.1, -0.05) is 26.0 Å². The van der Waals surface area contributed by atoms with Gasteiger partial charge in [0.2, 0.25) is 15.9 Å². The molecule has 0 unspecified atom stereocenters. The average Bonchev–Trinajstić information content (AvgIpc) is 2.58. The first-order chi connectivity index (χ1) is 11.7. The lowest BCUT2D eigenvalue weighted by molar-refractivity contribution is -0.136. The number of carbonyl (C=O) groups is 1. The summed E-state index contributed by atoms with van der Waals surface area (Å²) in [7, 11) is -1.64. The summed E-state index contributed by atoms with van der Waals surface area (Å²) in [5.74, 6) is 1.19. The van der Waals surface area contributed by atoms with Gasteiger partial charge >= 0.3 is 0 Å². The summed E-state index contributed by atoms with van der Waals surface area (Å²) in [6, 6.07) is 7.20. The highest BCUT2D eigenvalue weighted by Crippen LogP contribution is 2.22. The molecule has 1 amide bonds. The molecule has 0 radical (unpaired) electrons. The van der Waals surface area contributed by atoms with Crippen molar-refractivity contribution in [2.45, 2.75) is 51.6 Å². The second-order valence-corrected chi connectivity index (χ2v) is 8.82. The zero-order valence-electron chi connectivity index (χ0n) is 15.4. The first-order valence-electron chi connectivity index (χ1n) is 8.72. The Morgan fingerprint density at radius 3 is 2.48 bits per heavy atom. The molecular weight excluding hydrogens is 340 g/mol. The Kier molecular flexibility index (Phi) is 6.46. The average molecular weight is 368 g/mol. The van der Waals surface area contributed by atoms with Crippen molar-refractivity contribution in [2.24, 2.45) is 0 Å². The summed E-state index contributed by atoms with van der Waals surface area (Å²) in [4.78, 5) is 13.6. The highest BCUT2D eigenvalue weighted by Gasteiger charge is 2.36. The van der Waals surface area contributed by atoms with Crippen molar-refractivity contribution >= 4 is 15.9 Å². The highest BCUT2D eigenvalue weighted by atomic mass is 32.2. The van der Waals surface area contributed by atoms with Crippen LogP contribution >= 0.6 is 0 Å². The number of nitrogens with one attached hydrogen (secondary N) is 1. The fraction of sp³-hybridized carbons (Fsp3) is 0.611. The number of likely N-dealkylation sites (N-methyl/N-ethyl adjacent to an activating group) is 1. The second kappa shape index (κ2) is 8.19. The van der Waals surface area contributed by atoms with Crippen LogP contribution in [0.1, 0.15) is 45.1 Å². The predicted molar refractivity (Wildman–Crippen MR) is 98.2 cm³/mol. The largest absolute Gasteiger partial charge is 0.491 e. The van der Waals surface area contributed by atoms with Crippen molar-refractivity contribution in [3.8, 4) is 5.75 Å². The monoisotopic (exact) mass is 368 g/mol. The van der Waals surface area contributed by atoms with Gasteiger partial charge in [-0.05, 0) is 37.0 Å². The van der Waals surface area contributed by atoms with Crippen molar-refractivity contribution in [3.63, 3.8) is 0 Å². The smallest absolute Gasteiger partial charge is 0.222 e. The Morgan fingerprint density at radius 1 is 1.28 bits per heavy atom. The molecule has 1 aromatic rings. The van der Waals surface area contributed by atoms with Crippen LogP contribution in [0.3, 0.4) is 0 Å². The van der Waals surface area contributed by atoms with Crippen LogP contribution in [0.15, 0.2) is 24.3 Å². The molecule has 2 rings (SSSR count). The molecule has 0 saturated carbocycles. The van der Waals surface area contributed by atoms with Crippen molar-refractivity contribution in [3.05, 3.63) is 29.8 Å². The van der Waals surface area contributed by atoms with Gasteiger partial charge < -0.3 is 9.64 Å². The van der Waals surface area contributed by atoms with E-state index in [0.29, 0.717) is 24.5 Å². The number of amides is 1. The summed E-state index contributed by atoms with van der Waals surface area (Å²) < 4.78 is 32.4. The zero-order valence-corrected chi connectivity index (χ0v) is 16.2. The normalized spacial score (nSPS) is 21.6. The summed E-state index contributed by atoms with van der Waals surface area (Å²) in [5, 5.41) is 0. The van der Waals surface area contributed by atoms with E-state index in [9.17, 15) is 13.2 Å². The number of hydrogen-bond acceptors (Lipinski definition) is 4. The van der Waals surface area contributed by atoms with E-state index in [1.165, 1.54) is 5.56 Å². The molecule has 1 aliphatic rings. The predicted octanol–water partition coefficient (Wildman–Crippen LogP) is 2.12. The van der Waals surface area contributed by atoms with Crippen molar-refractivity contribution < 1.29 is 17.9 Å². The molecule has 2 atom stereocenters. The third-order valence-corrected chi connectivity index (χ3v) is 6.12. The van der Waals surface area contributed by atoms with E-state index in [4.69, 9.17) is 4.74 Å². The number of ether oxygens (including phenoxy) is 1. The summed E-state index contributed by atoms with van der Waals surface area (Å²) in [6.07, 6.45) is 0.829.